The first-order valence-electron chi connectivity index (χ1n) is 21.0. The van der Waals surface area contributed by atoms with E-state index in [0.717, 1.165) is 44.9 Å². The van der Waals surface area contributed by atoms with Crippen LogP contribution in [-0.4, -0.2) is 139 Å². The van der Waals surface area contributed by atoms with Crippen LogP contribution in [0.15, 0.2) is 11.6 Å². The Labute approximate surface area is 330 Å². The van der Waals surface area contributed by atoms with Crippen LogP contribution in [0.25, 0.3) is 0 Å². The first-order chi connectivity index (χ1) is 26.1. The molecule has 2 aliphatic heterocycles. The zero-order chi connectivity index (χ0) is 41.0. The highest BCUT2D eigenvalue weighted by Gasteiger charge is 2.70. The quantitative estimate of drug-likeness (QED) is 0.160. The zero-order valence-corrected chi connectivity index (χ0v) is 33.9. The first-order valence-corrected chi connectivity index (χ1v) is 21.0. The van der Waals surface area contributed by atoms with E-state index in [-0.39, 0.29) is 46.0 Å². The van der Waals surface area contributed by atoms with Gasteiger partial charge in [0.15, 0.2) is 12.6 Å². The minimum Gasteiger partial charge on any atom is -0.481 e. The zero-order valence-electron chi connectivity index (χ0n) is 33.9. The minimum absolute atomic E-state index is 0.00269. The highest BCUT2D eigenvalue weighted by atomic mass is 16.8. The van der Waals surface area contributed by atoms with Crippen molar-refractivity contribution in [2.24, 2.45) is 50.2 Å². The highest BCUT2D eigenvalue weighted by Crippen LogP contribution is 2.75. The largest absolute Gasteiger partial charge is 0.481 e. The first kappa shape index (κ1) is 42.8. The molecule has 0 amide bonds. The van der Waals surface area contributed by atoms with Crippen molar-refractivity contribution in [2.75, 3.05) is 19.8 Å². The fourth-order valence-electron chi connectivity index (χ4n) is 13.6. The Kier molecular flexibility index (Phi) is 11.3. The van der Waals surface area contributed by atoms with E-state index in [1.165, 1.54) is 5.57 Å². The summed E-state index contributed by atoms with van der Waals surface area (Å²) in [6, 6.07) is 0. The number of aliphatic carboxylic acids is 1. The average Bonchev–Trinajstić information content (AvgIpc) is 3.14. The van der Waals surface area contributed by atoms with E-state index in [0.29, 0.717) is 19.3 Å². The maximum Gasteiger partial charge on any atom is 0.310 e. The topological polar surface area (TPSA) is 236 Å². The second-order valence-electron chi connectivity index (χ2n) is 20.6. The van der Waals surface area contributed by atoms with Crippen LogP contribution in [0, 0.1) is 50.2 Å². The lowest BCUT2D eigenvalue weighted by Crippen LogP contribution is -2.67. The molecule has 0 radical (unpaired) electrons. The highest BCUT2D eigenvalue weighted by molar-refractivity contribution is 5.76. The molecule has 320 valence electrons. The van der Waals surface area contributed by atoms with Crippen molar-refractivity contribution in [3.8, 4) is 0 Å². The van der Waals surface area contributed by atoms with Gasteiger partial charge in [0.1, 0.15) is 48.8 Å². The molecule has 5 aliphatic carbocycles. The van der Waals surface area contributed by atoms with E-state index in [4.69, 9.17) is 18.9 Å². The van der Waals surface area contributed by atoms with E-state index >= 15 is 0 Å². The summed E-state index contributed by atoms with van der Waals surface area (Å²) < 4.78 is 23.9. The minimum atomic E-state index is -1.79. The fraction of sp³-hybridized carbons (Fsp3) is 0.929. The molecule has 4 saturated carbocycles. The fourth-order valence-corrected chi connectivity index (χ4v) is 13.6. The van der Waals surface area contributed by atoms with Crippen molar-refractivity contribution in [1.29, 1.82) is 0 Å². The van der Waals surface area contributed by atoms with Crippen LogP contribution in [0.3, 0.4) is 0 Å². The van der Waals surface area contributed by atoms with Crippen molar-refractivity contribution in [3.63, 3.8) is 0 Å². The lowest BCUT2D eigenvalue weighted by atomic mass is 9.33. The van der Waals surface area contributed by atoms with Gasteiger partial charge in [0.05, 0.1) is 31.3 Å². The Hall–Kier alpha value is -1.27. The molecule has 19 unspecified atom stereocenters. The van der Waals surface area contributed by atoms with E-state index in [2.05, 4.69) is 40.7 Å². The SMILES string of the molecule is CC1(C)CCC2(C(=O)O)CCC3(C)C(=CCC4C5(C)CCC(O)C(C)(COC6OC(CO)C(O)C(O)C6OC6OC(CO)C(O)C(O)C6O)C5CCC43C)C2C1. The Morgan fingerprint density at radius 2 is 1.38 bits per heavy atom. The van der Waals surface area contributed by atoms with Gasteiger partial charge in [-0.05, 0) is 104 Å². The molecule has 19 atom stereocenters. The number of aliphatic hydroxyl groups excluding tert-OH is 8. The summed E-state index contributed by atoms with van der Waals surface area (Å²) in [6.07, 6.45) is -6.06. The standard InChI is InChI=1S/C42H68O14/c1-37(2)13-15-42(36(51)52)16-14-40(5)21(22(42)17-37)7-8-26-38(3)11-10-27(45)39(4,25(38)9-12-41(26,40)6)20-53-35-33(31(49)29(47)24(19-44)55-35)56-34-32(50)30(48)28(46)23(18-43)54-34/h7,22-35,43-50H,8-20H2,1-6H3,(H,51,52). The smallest absolute Gasteiger partial charge is 0.310 e. The number of allylic oxidation sites excluding steroid dienone is 2. The molecule has 0 aromatic carbocycles. The van der Waals surface area contributed by atoms with Gasteiger partial charge < -0.3 is 64.9 Å². The van der Waals surface area contributed by atoms with Crippen LogP contribution in [0.1, 0.15) is 106 Å². The van der Waals surface area contributed by atoms with E-state index in [1.807, 2.05) is 6.92 Å². The molecule has 14 heteroatoms. The van der Waals surface area contributed by atoms with Gasteiger partial charge in [-0.3, -0.25) is 4.79 Å². The van der Waals surface area contributed by atoms with Gasteiger partial charge in [-0.25, -0.2) is 0 Å². The Morgan fingerprint density at radius 3 is 2.02 bits per heavy atom. The molecule has 0 spiro atoms. The molecule has 14 nitrogen and oxygen atoms in total. The third kappa shape index (κ3) is 6.29. The van der Waals surface area contributed by atoms with Gasteiger partial charge in [-0.15, -0.1) is 0 Å². The van der Waals surface area contributed by atoms with Gasteiger partial charge in [0.25, 0.3) is 0 Å². The van der Waals surface area contributed by atoms with Gasteiger partial charge in [-0.1, -0.05) is 53.2 Å². The van der Waals surface area contributed by atoms with Crippen LogP contribution in [0.5, 0.6) is 0 Å². The van der Waals surface area contributed by atoms with Crippen LogP contribution in [0.2, 0.25) is 0 Å². The molecule has 0 aromatic rings. The molecular weight excluding hydrogens is 728 g/mol. The predicted octanol–water partition coefficient (Wildman–Crippen LogP) is 1.85. The summed E-state index contributed by atoms with van der Waals surface area (Å²) in [5.41, 5.74) is -0.607. The molecule has 0 aromatic heterocycles. The molecule has 6 fully saturated rings. The van der Waals surface area contributed by atoms with Crippen molar-refractivity contribution >= 4 is 5.97 Å². The van der Waals surface area contributed by atoms with E-state index < -0.39 is 97.5 Å². The van der Waals surface area contributed by atoms with Crippen molar-refractivity contribution in [1.82, 2.24) is 0 Å². The molecule has 2 heterocycles. The van der Waals surface area contributed by atoms with Crippen LogP contribution in [0.4, 0.5) is 0 Å². The van der Waals surface area contributed by atoms with Crippen LogP contribution >= 0.6 is 0 Å². The normalized spacial score (nSPS) is 54.1. The Bertz CT molecular complexity index is 1500. The number of carboxylic acid groups (broad SMARTS) is 1. The Morgan fingerprint density at radius 1 is 0.750 bits per heavy atom. The Balaban J connectivity index is 1.16. The molecular formula is C42H68O14. The number of carbonyl (C=O) groups is 1. The third-order valence-electron chi connectivity index (χ3n) is 17.4. The summed E-state index contributed by atoms with van der Waals surface area (Å²) in [6.45, 7) is 12.4. The van der Waals surface area contributed by atoms with E-state index in [1.54, 1.807) is 0 Å². The molecule has 7 aliphatic rings. The lowest BCUT2D eigenvalue weighted by molar-refractivity contribution is -0.371. The van der Waals surface area contributed by atoms with Gasteiger partial charge in [-0.2, -0.15) is 0 Å². The molecule has 9 N–H and O–H groups in total. The summed E-state index contributed by atoms with van der Waals surface area (Å²) in [4.78, 5) is 13.1. The van der Waals surface area contributed by atoms with Crippen LogP contribution in [-0.2, 0) is 23.7 Å². The summed E-state index contributed by atoms with van der Waals surface area (Å²) in [5.74, 6) is -0.394. The predicted molar refractivity (Wildman–Crippen MR) is 199 cm³/mol. The number of hydrogen-bond acceptors (Lipinski definition) is 13. The van der Waals surface area contributed by atoms with E-state index in [9.17, 15) is 50.8 Å². The third-order valence-corrected chi connectivity index (χ3v) is 17.4. The summed E-state index contributed by atoms with van der Waals surface area (Å²) >= 11 is 0. The number of rotatable bonds is 8. The van der Waals surface area contributed by atoms with Crippen molar-refractivity contribution in [3.05, 3.63) is 11.6 Å². The summed E-state index contributed by atoms with van der Waals surface area (Å²) in [5, 5.41) is 95.7. The van der Waals surface area contributed by atoms with Gasteiger partial charge in [0, 0.05) is 5.41 Å². The molecule has 56 heavy (non-hydrogen) atoms. The number of aliphatic hydroxyl groups is 8. The molecule has 0 bridgehead atoms. The maximum atomic E-state index is 13.1. The number of ether oxygens (including phenoxy) is 4. The second-order valence-corrected chi connectivity index (χ2v) is 20.6. The average molecular weight is 797 g/mol. The monoisotopic (exact) mass is 796 g/mol. The number of fused-ring (bicyclic) bond motifs is 7. The van der Waals surface area contributed by atoms with Crippen molar-refractivity contribution in [2.45, 2.75) is 173 Å². The summed E-state index contributed by atoms with van der Waals surface area (Å²) in [7, 11) is 0. The second kappa shape index (κ2) is 14.7. The number of carboxylic acids is 1. The number of hydrogen-bond donors (Lipinski definition) is 9. The maximum absolute atomic E-state index is 13.1. The van der Waals surface area contributed by atoms with Gasteiger partial charge >= 0.3 is 5.97 Å². The lowest BCUT2D eigenvalue weighted by Gasteiger charge is -2.71. The van der Waals surface area contributed by atoms with Gasteiger partial charge in [0.2, 0.25) is 0 Å². The molecule has 2 saturated heterocycles. The molecule has 7 rings (SSSR count). The van der Waals surface area contributed by atoms with Crippen molar-refractivity contribution < 1.29 is 69.7 Å². The van der Waals surface area contributed by atoms with Crippen LogP contribution < -0.4 is 0 Å².